The summed E-state index contributed by atoms with van der Waals surface area (Å²) in [6, 6.07) is 8.82. The van der Waals surface area contributed by atoms with E-state index in [2.05, 4.69) is 5.32 Å². The Hall–Kier alpha value is -2.24. The molecule has 0 saturated heterocycles. The second kappa shape index (κ2) is 5.63. The largest absolute Gasteiger partial charge is 0.478 e. The van der Waals surface area contributed by atoms with Crippen LogP contribution < -0.4 is 5.32 Å². The van der Waals surface area contributed by atoms with Crippen molar-refractivity contribution in [2.75, 3.05) is 5.32 Å². The minimum atomic E-state index is -4.25. The normalized spacial score (nSPS) is 13.1. The fourth-order valence-electron chi connectivity index (χ4n) is 2.28. The van der Waals surface area contributed by atoms with Crippen LogP contribution in [0.3, 0.4) is 0 Å². The maximum absolute atomic E-state index is 12.4. The van der Waals surface area contributed by atoms with Crippen LogP contribution in [0, 0.1) is 0 Å². The van der Waals surface area contributed by atoms with E-state index in [1.165, 1.54) is 19.1 Å². The number of alkyl halides is 3. The minimum absolute atomic E-state index is 0.125. The van der Waals surface area contributed by atoms with Crippen LogP contribution in [-0.4, -0.2) is 23.3 Å². The number of rotatable bonds is 4. The Morgan fingerprint density at radius 2 is 1.81 bits per heavy atom. The number of nitrogens with one attached hydrogen (secondary N) is 1. The van der Waals surface area contributed by atoms with Crippen LogP contribution in [0.1, 0.15) is 23.7 Å². The molecule has 3 nitrogen and oxygen atoms in total. The molecule has 0 aliphatic heterocycles. The highest BCUT2D eigenvalue weighted by molar-refractivity contribution is 6.07. The SMILES string of the molecule is CC(CC(F)(F)F)Nc1ccc(C(=O)O)c2ccccc12. The quantitative estimate of drug-likeness (QED) is 0.885. The van der Waals surface area contributed by atoms with E-state index < -0.39 is 24.6 Å². The predicted molar refractivity (Wildman–Crippen MR) is 74.7 cm³/mol. The molecule has 0 amide bonds. The van der Waals surface area contributed by atoms with Gasteiger partial charge in [0.2, 0.25) is 0 Å². The molecule has 112 valence electrons. The van der Waals surface area contributed by atoms with E-state index in [0.29, 0.717) is 16.5 Å². The molecule has 1 atom stereocenters. The van der Waals surface area contributed by atoms with Gasteiger partial charge in [0.1, 0.15) is 0 Å². The van der Waals surface area contributed by atoms with Crippen molar-refractivity contribution in [1.29, 1.82) is 0 Å². The van der Waals surface area contributed by atoms with Crippen molar-refractivity contribution >= 4 is 22.4 Å². The van der Waals surface area contributed by atoms with Gasteiger partial charge in [-0.2, -0.15) is 13.2 Å². The van der Waals surface area contributed by atoms with Crippen LogP contribution in [0.5, 0.6) is 0 Å². The van der Waals surface area contributed by atoms with E-state index in [1.54, 1.807) is 24.3 Å². The molecule has 0 aromatic heterocycles. The van der Waals surface area contributed by atoms with Crippen molar-refractivity contribution in [2.24, 2.45) is 0 Å². The number of benzene rings is 2. The second-order valence-electron chi connectivity index (χ2n) is 4.88. The van der Waals surface area contributed by atoms with Crippen LogP contribution in [0.15, 0.2) is 36.4 Å². The molecule has 0 fully saturated rings. The molecule has 2 N–H and O–H groups in total. The molecule has 21 heavy (non-hydrogen) atoms. The first-order chi connectivity index (χ1) is 9.78. The number of fused-ring (bicyclic) bond motifs is 1. The standard InChI is InChI=1S/C15H14F3NO2/c1-9(8-15(16,17)18)19-13-7-6-12(14(20)21)10-4-2-3-5-11(10)13/h2-7,9,19H,8H2,1H3,(H,20,21). The number of carbonyl (C=O) groups is 1. The fraction of sp³-hybridized carbons (Fsp3) is 0.267. The number of hydrogen-bond acceptors (Lipinski definition) is 2. The number of carboxylic acids is 1. The molecule has 0 bridgehead atoms. The summed E-state index contributed by atoms with van der Waals surface area (Å²) in [6.45, 7) is 1.44. The average Bonchev–Trinajstić information content (AvgIpc) is 2.36. The molecule has 0 spiro atoms. The zero-order valence-electron chi connectivity index (χ0n) is 11.2. The molecule has 6 heteroatoms. The molecule has 2 rings (SSSR count). The monoisotopic (exact) mass is 297 g/mol. The lowest BCUT2D eigenvalue weighted by molar-refractivity contribution is -0.136. The zero-order valence-corrected chi connectivity index (χ0v) is 11.2. The first-order valence-corrected chi connectivity index (χ1v) is 6.36. The van der Waals surface area contributed by atoms with Crippen LogP contribution in [0.2, 0.25) is 0 Å². The first kappa shape index (κ1) is 15.2. The lowest BCUT2D eigenvalue weighted by Gasteiger charge is -2.19. The molecular weight excluding hydrogens is 283 g/mol. The van der Waals surface area contributed by atoms with E-state index in [4.69, 9.17) is 5.11 Å². The van der Waals surface area contributed by atoms with Gasteiger partial charge in [-0.05, 0) is 24.4 Å². The van der Waals surface area contributed by atoms with Gasteiger partial charge in [0.15, 0.2) is 0 Å². The summed E-state index contributed by atoms with van der Waals surface area (Å²) in [5.74, 6) is -1.07. The summed E-state index contributed by atoms with van der Waals surface area (Å²) in [5, 5.41) is 13.0. The Balaban J connectivity index is 2.38. The van der Waals surface area contributed by atoms with Gasteiger partial charge < -0.3 is 10.4 Å². The second-order valence-corrected chi connectivity index (χ2v) is 4.88. The van der Waals surface area contributed by atoms with Gasteiger partial charge in [-0.15, -0.1) is 0 Å². The van der Waals surface area contributed by atoms with Crippen molar-refractivity contribution in [3.8, 4) is 0 Å². The molecule has 0 saturated carbocycles. The molecule has 0 heterocycles. The minimum Gasteiger partial charge on any atom is -0.478 e. The predicted octanol–water partition coefficient (Wildman–Crippen LogP) is 4.29. The zero-order chi connectivity index (χ0) is 15.6. The van der Waals surface area contributed by atoms with E-state index in [1.807, 2.05) is 0 Å². The van der Waals surface area contributed by atoms with Crippen LogP contribution in [-0.2, 0) is 0 Å². The van der Waals surface area contributed by atoms with E-state index in [0.717, 1.165) is 0 Å². The van der Waals surface area contributed by atoms with E-state index in [-0.39, 0.29) is 5.56 Å². The van der Waals surface area contributed by atoms with Crippen molar-refractivity contribution in [2.45, 2.75) is 25.6 Å². The van der Waals surface area contributed by atoms with Crippen molar-refractivity contribution < 1.29 is 23.1 Å². The third-order valence-corrected chi connectivity index (χ3v) is 3.09. The summed E-state index contributed by atoms with van der Waals surface area (Å²) in [6.07, 6.45) is -5.20. The average molecular weight is 297 g/mol. The number of carboxylic acid groups (broad SMARTS) is 1. The van der Waals surface area contributed by atoms with Gasteiger partial charge in [0.05, 0.1) is 12.0 Å². The molecule has 2 aromatic rings. The molecule has 1 unspecified atom stereocenters. The Bertz CT molecular complexity index is 668. The third kappa shape index (κ3) is 3.65. The highest BCUT2D eigenvalue weighted by Gasteiger charge is 2.30. The maximum atomic E-state index is 12.4. The van der Waals surface area contributed by atoms with Crippen LogP contribution in [0.4, 0.5) is 18.9 Å². The lowest BCUT2D eigenvalue weighted by atomic mass is 10.0. The molecule has 0 radical (unpaired) electrons. The molecule has 0 aliphatic carbocycles. The van der Waals surface area contributed by atoms with E-state index in [9.17, 15) is 18.0 Å². The Morgan fingerprint density at radius 3 is 2.38 bits per heavy atom. The van der Waals surface area contributed by atoms with Gasteiger partial charge in [-0.1, -0.05) is 24.3 Å². The Kier molecular flexibility index (Phi) is 4.06. The summed E-state index contributed by atoms with van der Waals surface area (Å²) in [5.41, 5.74) is 0.618. The first-order valence-electron chi connectivity index (χ1n) is 6.36. The van der Waals surface area contributed by atoms with E-state index >= 15 is 0 Å². The fourth-order valence-corrected chi connectivity index (χ4v) is 2.28. The Morgan fingerprint density at radius 1 is 1.19 bits per heavy atom. The molecule has 0 aliphatic rings. The molecular formula is C15H14F3NO2. The van der Waals surface area contributed by atoms with Crippen molar-refractivity contribution in [3.05, 3.63) is 42.0 Å². The highest BCUT2D eigenvalue weighted by atomic mass is 19.4. The summed E-state index contributed by atoms with van der Waals surface area (Å²) >= 11 is 0. The number of halogens is 3. The number of hydrogen-bond donors (Lipinski definition) is 2. The molecule has 2 aromatic carbocycles. The van der Waals surface area contributed by atoms with Crippen LogP contribution >= 0.6 is 0 Å². The van der Waals surface area contributed by atoms with Gasteiger partial charge >= 0.3 is 12.1 Å². The third-order valence-electron chi connectivity index (χ3n) is 3.09. The highest BCUT2D eigenvalue weighted by Crippen LogP contribution is 2.29. The number of anilines is 1. The van der Waals surface area contributed by atoms with Crippen LogP contribution in [0.25, 0.3) is 10.8 Å². The summed E-state index contributed by atoms with van der Waals surface area (Å²) in [4.78, 5) is 11.2. The van der Waals surface area contributed by atoms with Gasteiger partial charge in [-0.3, -0.25) is 0 Å². The van der Waals surface area contributed by atoms with Gasteiger partial charge in [-0.25, -0.2) is 4.79 Å². The Labute approximate surface area is 119 Å². The van der Waals surface area contributed by atoms with Crippen molar-refractivity contribution in [1.82, 2.24) is 0 Å². The van der Waals surface area contributed by atoms with Gasteiger partial charge in [0, 0.05) is 17.1 Å². The lowest BCUT2D eigenvalue weighted by Crippen LogP contribution is -2.24. The summed E-state index contributed by atoms with van der Waals surface area (Å²) < 4.78 is 37.1. The topological polar surface area (TPSA) is 49.3 Å². The summed E-state index contributed by atoms with van der Waals surface area (Å²) in [7, 11) is 0. The van der Waals surface area contributed by atoms with Crippen molar-refractivity contribution in [3.63, 3.8) is 0 Å². The smallest absolute Gasteiger partial charge is 0.391 e. The number of aromatic carboxylic acids is 1. The van der Waals surface area contributed by atoms with Gasteiger partial charge in [0.25, 0.3) is 0 Å². The maximum Gasteiger partial charge on any atom is 0.391 e.